The molecule has 1 fully saturated rings. The van der Waals surface area contributed by atoms with Crippen LogP contribution in [0.1, 0.15) is 49.0 Å². The number of nitrogens with one attached hydrogen (secondary N) is 2. The number of benzene rings is 1. The van der Waals surface area contributed by atoms with Crippen LogP contribution in [0.4, 0.5) is 5.69 Å². The minimum Gasteiger partial charge on any atom is -0.384 e. The van der Waals surface area contributed by atoms with Gasteiger partial charge in [-0.15, -0.1) is 12.4 Å². The van der Waals surface area contributed by atoms with Crippen molar-refractivity contribution in [1.29, 1.82) is 0 Å². The second-order valence-electron chi connectivity index (χ2n) is 6.64. The molecule has 2 atom stereocenters. The molecule has 0 aromatic heterocycles. The van der Waals surface area contributed by atoms with E-state index in [-0.39, 0.29) is 18.3 Å². The molecule has 116 valence electrons. The van der Waals surface area contributed by atoms with Gasteiger partial charge in [0.2, 0.25) is 0 Å². The highest BCUT2D eigenvalue weighted by molar-refractivity contribution is 5.95. The number of fused-ring (bicyclic) bond motifs is 1. The van der Waals surface area contributed by atoms with Gasteiger partial charge < -0.3 is 10.6 Å². The summed E-state index contributed by atoms with van der Waals surface area (Å²) in [5.41, 5.74) is 3.25. The van der Waals surface area contributed by atoms with E-state index in [4.69, 9.17) is 0 Å². The Balaban J connectivity index is 0.00000161. The molecular weight excluding hydrogens is 284 g/mol. The molecule has 4 heteroatoms. The maximum atomic E-state index is 12.4. The summed E-state index contributed by atoms with van der Waals surface area (Å²) in [5.74, 6) is 1.52. The molecule has 2 aliphatic rings. The molecule has 0 bridgehead atoms. The molecular formula is C17H25ClN2O. The lowest BCUT2D eigenvalue weighted by molar-refractivity contribution is 0.0911. The van der Waals surface area contributed by atoms with Crippen molar-refractivity contribution in [3.63, 3.8) is 0 Å². The lowest BCUT2D eigenvalue weighted by Gasteiger charge is -2.32. The normalized spacial score (nSPS) is 27.2. The third kappa shape index (κ3) is 3.70. The lowest BCUT2D eigenvalue weighted by Crippen LogP contribution is -2.40. The molecule has 21 heavy (non-hydrogen) atoms. The number of hydrogen-bond donors (Lipinski definition) is 2. The van der Waals surface area contributed by atoms with Crippen LogP contribution in [0.2, 0.25) is 0 Å². The van der Waals surface area contributed by atoms with Gasteiger partial charge in [0.25, 0.3) is 5.91 Å². The van der Waals surface area contributed by atoms with Crippen LogP contribution in [0.5, 0.6) is 0 Å². The zero-order valence-corrected chi connectivity index (χ0v) is 13.6. The van der Waals surface area contributed by atoms with E-state index in [0.717, 1.165) is 31.4 Å². The molecule has 1 aliphatic carbocycles. The van der Waals surface area contributed by atoms with Crippen LogP contribution in [-0.4, -0.2) is 18.5 Å². The molecule has 0 saturated heterocycles. The van der Waals surface area contributed by atoms with Crippen LogP contribution in [-0.2, 0) is 6.42 Å². The Kier molecular flexibility index (Phi) is 5.15. The van der Waals surface area contributed by atoms with Crippen molar-refractivity contribution in [2.75, 3.05) is 11.9 Å². The van der Waals surface area contributed by atoms with Gasteiger partial charge in [-0.1, -0.05) is 13.8 Å². The van der Waals surface area contributed by atoms with Crippen molar-refractivity contribution in [2.45, 2.75) is 45.6 Å². The van der Waals surface area contributed by atoms with E-state index in [2.05, 4.69) is 24.5 Å². The molecule has 1 heterocycles. The van der Waals surface area contributed by atoms with Gasteiger partial charge in [-0.2, -0.15) is 0 Å². The van der Waals surface area contributed by atoms with Crippen LogP contribution in [0.15, 0.2) is 18.2 Å². The number of carbonyl (C=O) groups excluding carboxylic acids is 1. The maximum absolute atomic E-state index is 12.4. The summed E-state index contributed by atoms with van der Waals surface area (Å²) in [6.07, 6.45) is 4.54. The van der Waals surface area contributed by atoms with Gasteiger partial charge in [-0.05, 0) is 61.3 Å². The number of rotatable bonds is 2. The van der Waals surface area contributed by atoms with E-state index in [1.807, 2.05) is 18.2 Å². The number of halogens is 1. The third-order valence-corrected chi connectivity index (χ3v) is 4.59. The Morgan fingerprint density at radius 3 is 2.62 bits per heavy atom. The van der Waals surface area contributed by atoms with Crippen molar-refractivity contribution in [3.05, 3.63) is 29.3 Å². The zero-order chi connectivity index (χ0) is 14.1. The van der Waals surface area contributed by atoms with Gasteiger partial charge in [-0.25, -0.2) is 0 Å². The predicted molar refractivity (Wildman–Crippen MR) is 89.3 cm³/mol. The first-order chi connectivity index (χ1) is 9.61. The smallest absolute Gasteiger partial charge is 0.251 e. The topological polar surface area (TPSA) is 41.1 Å². The largest absolute Gasteiger partial charge is 0.384 e. The van der Waals surface area contributed by atoms with E-state index >= 15 is 0 Å². The first-order valence-electron chi connectivity index (χ1n) is 7.79. The number of hydrogen-bond acceptors (Lipinski definition) is 2. The maximum Gasteiger partial charge on any atom is 0.251 e. The molecule has 0 spiro atoms. The summed E-state index contributed by atoms with van der Waals surface area (Å²) in [7, 11) is 0. The minimum absolute atomic E-state index is 0. The van der Waals surface area contributed by atoms with Crippen molar-refractivity contribution in [3.8, 4) is 0 Å². The fourth-order valence-electron chi connectivity index (χ4n) is 3.78. The highest BCUT2D eigenvalue weighted by atomic mass is 35.5. The molecule has 1 aromatic rings. The predicted octanol–water partition coefficient (Wildman–Crippen LogP) is 3.63. The first kappa shape index (κ1) is 16.2. The molecule has 2 N–H and O–H groups in total. The monoisotopic (exact) mass is 308 g/mol. The fraction of sp³-hybridized carbons (Fsp3) is 0.588. The highest BCUT2D eigenvalue weighted by Gasteiger charge is 2.25. The first-order valence-corrected chi connectivity index (χ1v) is 7.79. The van der Waals surface area contributed by atoms with Gasteiger partial charge in [0.15, 0.2) is 0 Å². The summed E-state index contributed by atoms with van der Waals surface area (Å²) < 4.78 is 0. The summed E-state index contributed by atoms with van der Waals surface area (Å²) in [6.45, 7) is 5.56. The van der Waals surface area contributed by atoms with Gasteiger partial charge in [-0.3, -0.25) is 4.79 Å². The van der Waals surface area contributed by atoms with E-state index in [1.54, 1.807) is 0 Å². The van der Waals surface area contributed by atoms with Crippen molar-refractivity contribution >= 4 is 24.0 Å². The summed E-state index contributed by atoms with van der Waals surface area (Å²) in [4.78, 5) is 12.4. The van der Waals surface area contributed by atoms with Crippen LogP contribution in [0.25, 0.3) is 0 Å². The Bertz CT molecular complexity index is 508. The fourth-order valence-corrected chi connectivity index (χ4v) is 3.78. The minimum atomic E-state index is 0. The molecule has 1 saturated carbocycles. The SMILES string of the molecule is CC1CC(C)CC(NC(=O)c2ccc3c(c2)CCN3)C1.Cl. The molecule has 3 rings (SSSR count). The van der Waals surface area contributed by atoms with Gasteiger partial charge in [0.1, 0.15) is 0 Å². The van der Waals surface area contributed by atoms with Crippen LogP contribution in [0, 0.1) is 11.8 Å². The Morgan fingerprint density at radius 2 is 1.90 bits per heavy atom. The molecule has 0 radical (unpaired) electrons. The van der Waals surface area contributed by atoms with Crippen molar-refractivity contribution < 1.29 is 4.79 Å². The quantitative estimate of drug-likeness (QED) is 0.876. The number of amides is 1. The van der Waals surface area contributed by atoms with E-state index in [1.165, 1.54) is 17.7 Å². The molecule has 1 amide bonds. The van der Waals surface area contributed by atoms with E-state index in [0.29, 0.717) is 17.9 Å². The number of anilines is 1. The Labute approximate surface area is 133 Å². The average molecular weight is 309 g/mol. The van der Waals surface area contributed by atoms with Crippen molar-refractivity contribution in [1.82, 2.24) is 5.32 Å². The van der Waals surface area contributed by atoms with Gasteiger partial charge in [0.05, 0.1) is 0 Å². The standard InChI is InChI=1S/C17H24N2O.ClH/c1-11-7-12(2)9-15(8-11)19-17(20)14-3-4-16-13(10-14)5-6-18-16;/h3-4,10-12,15,18H,5-9H2,1-2H3,(H,19,20);1H. The second-order valence-corrected chi connectivity index (χ2v) is 6.64. The van der Waals surface area contributed by atoms with Crippen LogP contribution < -0.4 is 10.6 Å². The average Bonchev–Trinajstić information content (AvgIpc) is 2.84. The highest BCUT2D eigenvalue weighted by Crippen LogP contribution is 2.29. The summed E-state index contributed by atoms with van der Waals surface area (Å²) >= 11 is 0. The van der Waals surface area contributed by atoms with E-state index < -0.39 is 0 Å². The Morgan fingerprint density at radius 1 is 1.19 bits per heavy atom. The lowest BCUT2D eigenvalue weighted by atomic mass is 9.80. The molecule has 1 aliphatic heterocycles. The van der Waals surface area contributed by atoms with Gasteiger partial charge in [0, 0.05) is 23.8 Å². The van der Waals surface area contributed by atoms with Crippen LogP contribution in [0.3, 0.4) is 0 Å². The zero-order valence-electron chi connectivity index (χ0n) is 12.8. The summed E-state index contributed by atoms with van der Waals surface area (Å²) in [6, 6.07) is 6.35. The molecule has 3 nitrogen and oxygen atoms in total. The van der Waals surface area contributed by atoms with Crippen LogP contribution >= 0.6 is 12.4 Å². The molecule has 1 aromatic carbocycles. The Hall–Kier alpha value is -1.22. The second kappa shape index (κ2) is 6.69. The molecule has 2 unspecified atom stereocenters. The van der Waals surface area contributed by atoms with E-state index in [9.17, 15) is 4.79 Å². The summed E-state index contributed by atoms with van der Waals surface area (Å²) in [5, 5.41) is 6.56. The third-order valence-electron chi connectivity index (χ3n) is 4.59. The van der Waals surface area contributed by atoms with Gasteiger partial charge >= 0.3 is 0 Å². The number of carbonyl (C=O) groups is 1. The van der Waals surface area contributed by atoms with Crippen molar-refractivity contribution in [2.24, 2.45) is 11.8 Å².